The smallest absolute Gasteiger partial charge is 0.221 e. The highest BCUT2D eigenvalue weighted by molar-refractivity contribution is 6.34. The lowest BCUT2D eigenvalue weighted by molar-refractivity contribution is -0.121. The highest BCUT2D eigenvalue weighted by Gasteiger charge is 2.09. The number of nitrogens with zero attached hydrogens (tertiary/aromatic N) is 4. The number of carbonyl (C=O) groups is 1. The second kappa shape index (κ2) is 7.70. The minimum Gasteiger partial charge on any atom is -0.356 e. The van der Waals surface area contributed by atoms with Crippen molar-refractivity contribution in [3.8, 4) is 0 Å². The lowest BCUT2D eigenvalue weighted by Gasteiger charge is -2.07. The van der Waals surface area contributed by atoms with Crippen LogP contribution in [0.4, 0.5) is 0 Å². The van der Waals surface area contributed by atoms with E-state index in [4.69, 9.17) is 11.6 Å². The van der Waals surface area contributed by atoms with Gasteiger partial charge in [-0.25, -0.2) is 0 Å². The maximum Gasteiger partial charge on any atom is 0.221 e. The molecule has 1 aromatic carbocycles. The fraction of sp³-hybridized carbons (Fsp3) is 0.389. The molecule has 132 valence electrons. The molecule has 0 saturated heterocycles. The first kappa shape index (κ1) is 17.5. The van der Waals surface area contributed by atoms with Crippen molar-refractivity contribution in [2.45, 2.75) is 39.8 Å². The molecule has 0 radical (unpaired) electrons. The quantitative estimate of drug-likeness (QED) is 0.659. The Kier molecular flexibility index (Phi) is 5.38. The topological polar surface area (TPSA) is 64.7 Å². The second-order valence-corrected chi connectivity index (χ2v) is 6.49. The van der Waals surface area contributed by atoms with Crippen LogP contribution in [0.3, 0.4) is 0 Å². The van der Waals surface area contributed by atoms with Crippen molar-refractivity contribution in [2.24, 2.45) is 0 Å². The summed E-state index contributed by atoms with van der Waals surface area (Å²) in [5, 5.41) is 13.0. The van der Waals surface area contributed by atoms with Gasteiger partial charge >= 0.3 is 0 Å². The number of benzene rings is 1. The maximum absolute atomic E-state index is 12.0. The van der Waals surface area contributed by atoms with E-state index in [1.807, 2.05) is 42.8 Å². The molecular formula is C18H22ClN5O. The Balaban J connectivity index is 1.44. The first-order valence-electron chi connectivity index (χ1n) is 8.43. The Labute approximate surface area is 151 Å². The van der Waals surface area contributed by atoms with E-state index in [1.165, 1.54) is 0 Å². The normalized spacial score (nSPS) is 11.2. The van der Waals surface area contributed by atoms with Crippen LogP contribution < -0.4 is 5.32 Å². The summed E-state index contributed by atoms with van der Waals surface area (Å²) in [5.74, 6) is 0.0177. The Morgan fingerprint density at radius 3 is 2.72 bits per heavy atom. The summed E-state index contributed by atoms with van der Waals surface area (Å²) in [7, 11) is 0. The number of rotatable bonds is 7. The van der Waals surface area contributed by atoms with Crippen LogP contribution in [-0.2, 0) is 17.9 Å². The molecule has 0 fully saturated rings. The zero-order valence-electron chi connectivity index (χ0n) is 14.5. The molecule has 0 aliphatic carbocycles. The molecule has 3 aromatic rings. The summed E-state index contributed by atoms with van der Waals surface area (Å²) in [4.78, 5) is 12.0. The van der Waals surface area contributed by atoms with Crippen LogP contribution in [0.5, 0.6) is 0 Å². The summed E-state index contributed by atoms with van der Waals surface area (Å²) < 4.78 is 3.76. The third-order valence-electron chi connectivity index (χ3n) is 4.14. The molecule has 3 rings (SSSR count). The largest absolute Gasteiger partial charge is 0.356 e. The molecule has 0 aliphatic heterocycles. The number of amides is 1. The van der Waals surface area contributed by atoms with Gasteiger partial charge in [-0.3, -0.25) is 14.2 Å². The van der Waals surface area contributed by atoms with E-state index in [9.17, 15) is 4.79 Å². The summed E-state index contributed by atoms with van der Waals surface area (Å²) in [6.45, 7) is 5.97. The van der Waals surface area contributed by atoms with Crippen LogP contribution in [0.25, 0.3) is 10.9 Å². The molecule has 0 spiro atoms. The van der Waals surface area contributed by atoms with E-state index in [0.717, 1.165) is 35.3 Å². The predicted molar refractivity (Wildman–Crippen MR) is 98.7 cm³/mol. The van der Waals surface area contributed by atoms with Crippen molar-refractivity contribution in [2.75, 3.05) is 6.54 Å². The Bertz CT molecular complexity index is 883. The molecule has 0 bridgehead atoms. The van der Waals surface area contributed by atoms with Gasteiger partial charge in [0.15, 0.2) is 5.15 Å². The third kappa shape index (κ3) is 4.20. The van der Waals surface area contributed by atoms with Crippen LogP contribution in [-0.4, -0.2) is 32.0 Å². The van der Waals surface area contributed by atoms with Gasteiger partial charge in [-0.1, -0.05) is 23.7 Å². The van der Waals surface area contributed by atoms with Crippen molar-refractivity contribution in [3.05, 3.63) is 46.9 Å². The van der Waals surface area contributed by atoms with E-state index in [-0.39, 0.29) is 5.91 Å². The van der Waals surface area contributed by atoms with Gasteiger partial charge in [-0.05, 0) is 38.5 Å². The number of hydrogen-bond donors (Lipinski definition) is 1. The summed E-state index contributed by atoms with van der Waals surface area (Å²) >= 11 is 6.13. The minimum atomic E-state index is 0.0177. The SMILES string of the molecule is Cc1cc(C)n(CCCNC(=O)CCn2nc(Cl)c3ccccc32)n1. The Morgan fingerprint density at radius 1 is 1.16 bits per heavy atom. The molecule has 25 heavy (non-hydrogen) atoms. The van der Waals surface area contributed by atoms with Gasteiger partial charge in [0.1, 0.15) is 0 Å². The fourth-order valence-electron chi connectivity index (χ4n) is 2.91. The predicted octanol–water partition coefficient (Wildman–Crippen LogP) is 3.10. The van der Waals surface area contributed by atoms with E-state index in [2.05, 4.69) is 21.6 Å². The number of nitrogens with one attached hydrogen (secondary N) is 1. The number of hydrogen-bond acceptors (Lipinski definition) is 3. The van der Waals surface area contributed by atoms with Gasteiger partial charge in [0.25, 0.3) is 0 Å². The Morgan fingerprint density at radius 2 is 1.96 bits per heavy atom. The van der Waals surface area contributed by atoms with Gasteiger partial charge in [0.05, 0.1) is 17.8 Å². The van der Waals surface area contributed by atoms with E-state index in [0.29, 0.717) is 24.7 Å². The fourth-order valence-corrected chi connectivity index (χ4v) is 3.16. The summed E-state index contributed by atoms with van der Waals surface area (Å²) in [6.07, 6.45) is 1.23. The molecular weight excluding hydrogens is 338 g/mol. The number of fused-ring (bicyclic) bond motifs is 1. The highest BCUT2D eigenvalue weighted by Crippen LogP contribution is 2.22. The number of para-hydroxylation sites is 1. The summed E-state index contributed by atoms with van der Waals surface area (Å²) in [5.41, 5.74) is 3.11. The third-order valence-corrected chi connectivity index (χ3v) is 4.41. The number of halogens is 1. The standard InChI is InChI=1S/C18H22ClN5O/c1-13-12-14(2)23(21-13)10-5-9-20-17(25)8-11-24-16-7-4-3-6-15(16)18(19)22-24/h3-4,6-7,12H,5,8-11H2,1-2H3,(H,20,25). The average molecular weight is 360 g/mol. The molecule has 1 N–H and O–H groups in total. The number of aromatic nitrogens is 4. The molecule has 0 unspecified atom stereocenters. The van der Waals surface area contributed by atoms with Crippen molar-refractivity contribution >= 4 is 28.4 Å². The van der Waals surface area contributed by atoms with Crippen molar-refractivity contribution in [1.29, 1.82) is 0 Å². The first-order valence-corrected chi connectivity index (χ1v) is 8.81. The van der Waals surface area contributed by atoms with E-state index >= 15 is 0 Å². The molecule has 0 aliphatic rings. The molecule has 0 atom stereocenters. The van der Waals surface area contributed by atoms with Gasteiger partial charge < -0.3 is 5.32 Å². The Hall–Kier alpha value is -2.34. The van der Waals surface area contributed by atoms with E-state index in [1.54, 1.807) is 4.68 Å². The van der Waals surface area contributed by atoms with Crippen LogP contribution in [0.2, 0.25) is 5.15 Å². The average Bonchev–Trinajstić information content (AvgIpc) is 3.09. The van der Waals surface area contributed by atoms with Crippen LogP contribution in [0, 0.1) is 13.8 Å². The zero-order valence-corrected chi connectivity index (χ0v) is 15.3. The van der Waals surface area contributed by atoms with Gasteiger partial charge in [-0.2, -0.15) is 10.2 Å². The van der Waals surface area contributed by atoms with Gasteiger partial charge in [0, 0.05) is 30.6 Å². The van der Waals surface area contributed by atoms with Crippen LogP contribution in [0.15, 0.2) is 30.3 Å². The van der Waals surface area contributed by atoms with Gasteiger partial charge in [-0.15, -0.1) is 0 Å². The number of aryl methyl sites for hydroxylation is 4. The van der Waals surface area contributed by atoms with Crippen molar-refractivity contribution < 1.29 is 4.79 Å². The molecule has 7 heteroatoms. The first-order chi connectivity index (χ1) is 12.0. The highest BCUT2D eigenvalue weighted by atomic mass is 35.5. The molecule has 2 aromatic heterocycles. The minimum absolute atomic E-state index is 0.0177. The van der Waals surface area contributed by atoms with E-state index < -0.39 is 0 Å². The second-order valence-electron chi connectivity index (χ2n) is 6.13. The molecule has 2 heterocycles. The lowest BCUT2D eigenvalue weighted by atomic mass is 10.2. The van der Waals surface area contributed by atoms with Gasteiger partial charge in [0.2, 0.25) is 5.91 Å². The van der Waals surface area contributed by atoms with Crippen LogP contribution >= 0.6 is 11.6 Å². The zero-order chi connectivity index (χ0) is 17.8. The maximum atomic E-state index is 12.0. The van der Waals surface area contributed by atoms with Crippen molar-refractivity contribution in [3.63, 3.8) is 0 Å². The van der Waals surface area contributed by atoms with Crippen molar-refractivity contribution in [1.82, 2.24) is 24.9 Å². The lowest BCUT2D eigenvalue weighted by Crippen LogP contribution is -2.26. The van der Waals surface area contributed by atoms with Crippen LogP contribution in [0.1, 0.15) is 24.2 Å². The molecule has 6 nitrogen and oxygen atoms in total. The molecule has 0 saturated carbocycles. The molecule has 1 amide bonds. The number of carbonyl (C=O) groups excluding carboxylic acids is 1. The summed E-state index contributed by atoms with van der Waals surface area (Å²) in [6, 6.07) is 9.81. The monoisotopic (exact) mass is 359 g/mol.